The molecule has 0 unspecified atom stereocenters. The first-order chi connectivity index (χ1) is 15.2. The average molecular weight is 408 g/mol. The van der Waals surface area contributed by atoms with Gasteiger partial charge in [-0.05, 0) is 55.5 Å². The second-order valence-corrected chi connectivity index (χ2v) is 7.29. The lowest BCUT2D eigenvalue weighted by Crippen LogP contribution is -2.15. The molecule has 2 aromatic heterocycles. The molecule has 0 aliphatic rings. The van der Waals surface area contributed by atoms with Gasteiger partial charge in [0.15, 0.2) is 0 Å². The van der Waals surface area contributed by atoms with Crippen molar-refractivity contribution in [2.75, 3.05) is 5.32 Å². The van der Waals surface area contributed by atoms with Crippen LogP contribution in [0.4, 0.5) is 5.69 Å². The molecule has 1 amide bonds. The quantitative estimate of drug-likeness (QED) is 0.409. The van der Waals surface area contributed by atoms with Crippen LogP contribution in [-0.4, -0.2) is 20.9 Å². The predicted octanol–water partition coefficient (Wildman–Crippen LogP) is 5.37. The van der Waals surface area contributed by atoms with E-state index in [9.17, 15) is 4.79 Å². The molecule has 0 atom stereocenters. The van der Waals surface area contributed by atoms with Gasteiger partial charge in [0, 0.05) is 16.8 Å². The Labute approximate surface area is 179 Å². The molecule has 0 fully saturated rings. The van der Waals surface area contributed by atoms with Crippen molar-refractivity contribution in [2.24, 2.45) is 0 Å². The number of nitrogens with one attached hydrogen (secondary N) is 2. The predicted molar refractivity (Wildman–Crippen MR) is 121 cm³/mol. The molecule has 0 aliphatic heterocycles. The Morgan fingerprint density at radius 1 is 0.903 bits per heavy atom. The molecule has 6 heteroatoms. The van der Waals surface area contributed by atoms with Crippen molar-refractivity contribution in [3.8, 4) is 22.8 Å². The Hall–Kier alpha value is -4.19. The molecule has 3 aromatic carbocycles. The highest BCUT2D eigenvalue weighted by Gasteiger charge is 2.15. The summed E-state index contributed by atoms with van der Waals surface area (Å²) in [5.41, 5.74) is 5.11. The van der Waals surface area contributed by atoms with E-state index in [-0.39, 0.29) is 12.3 Å². The Morgan fingerprint density at radius 2 is 1.65 bits per heavy atom. The van der Waals surface area contributed by atoms with E-state index in [1.165, 1.54) is 0 Å². The number of aromatic amines is 1. The first-order valence-corrected chi connectivity index (χ1v) is 10.0. The summed E-state index contributed by atoms with van der Waals surface area (Å²) in [6.45, 7) is 1.82. The topological polar surface area (TPSA) is 83.8 Å². The molecule has 2 heterocycles. The third-order valence-electron chi connectivity index (χ3n) is 5.07. The van der Waals surface area contributed by atoms with Crippen LogP contribution in [0, 0.1) is 6.92 Å². The van der Waals surface area contributed by atoms with Crippen LogP contribution in [0.2, 0.25) is 0 Å². The van der Waals surface area contributed by atoms with Crippen LogP contribution >= 0.6 is 0 Å². The monoisotopic (exact) mass is 408 g/mol. The van der Waals surface area contributed by atoms with Gasteiger partial charge in [-0.3, -0.25) is 4.79 Å². The number of benzene rings is 3. The summed E-state index contributed by atoms with van der Waals surface area (Å²) in [5.74, 6) is 1.82. The van der Waals surface area contributed by atoms with Crippen molar-refractivity contribution in [3.63, 3.8) is 0 Å². The number of rotatable bonds is 5. The Kier molecular flexibility index (Phi) is 4.80. The summed E-state index contributed by atoms with van der Waals surface area (Å²) in [7, 11) is 0. The van der Waals surface area contributed by atoms with E-state index in [4.69, 9.17) is 4.42 Å². The molecule has 0 spiro atoms. The highest BCUT2D eigenvalue weighted by molar-refractivity contribution is 5.92. The van der Waals surface area contributed by atoms with Crippen LogP contribution in [0.5, 0.6) is 0 Å². The average Bonchev–Trinajstić information content (AvgIpc) is 3.38. The number of amides is 1. The smallest absolute Gasteiger partial charge is 0.230 e. The van der Waals surface area contributed by atoms with Gasteiger partial charge >= 0.3 is 0 Å². The van der Waals surface area contributed by atoms with Crippen LogP contribution in [0.1, 0.15) is 11.5 Å². The fourth-order valence-electron chi connectivity index (χ4n) is 3.45. The number of oxazole rings is 1. The summed E-state index contributed by atoms with van der Waals surface area (Å²) in [6.07, 6.45) is 0.146. The van der Waals surface area contributed by atoms with E-state index in [2.05, 4.69) is 20.3 Å². The van der Waals surface area contributed by atoms with E-state index in [0.29, 0.717) is 23.0 Å². The molecular weight excluding hydrogens is 388 g/mol. The van der Waals surface area contributed by atoms with Crippen LogP contribution in [0.3, 0.4) is 0 Å². The second kappa shape index (κ2) is 7.91. The highest BCUT2D eigenvalue weighted by atomic mass is 16.4. The lowest BCUT2D eigenvalue weighted by atomic mass is 10.2. The molecule has 2 N–H and O–H groups in total. The number of aromatic nitrogens is 3. The van der Waals surface area contributed by atoms with Crippen molar-refractivity contribution in [2.45, 2.75) is 13.3 Å². The van der Waals surface area contributed by atoms with Gasteiger partial charge in [-0.25, -0.2) is 9.97 Å². The summed E-state index contributed by atoms with van der Waals surface area (Å²) < 4.78 is 5.74. The van der Waals surface area contributed by atoms with Gasteiger partial charge in [0.1, 0.15) is 11.6 Å². The van der Waals surface area contributed by atoms with Gasteiger partial charge in [-0.1, -0.05) is 30.3 Å². The lowest BCUT2D eigenvalue weighted by Gasteiger charge is -2.05. The summed E-state index contributed by atoms with van der Waals surface area (Å²) in [5, 5.41) is 2.92. The van der Waals surface area contributed by atoms with Gasteiger partial charge in [0.05, 0.1) is 23.1 Å². The van der Waals surface area contributed by atoms with Gasteiger partial charge in [0.25, 0.3) is 0 Å². The van der Waals surface area contributed by atoms with E-state index in [1.807, 2.05) is 85.8 Å². The summed E-state index contributed by atoms with van der Waals surface area (Å²) in [6, 6.07) is 25.2. The Morgan fingerprint density at radius 3 is 2.42 bits per heavy atom. The number of para-hydroxylation sites is 2. The van der Waals surface area contributed by atoms with Crippen molar-refractivity contribution >= 4 is 22.6 Å². The molecule has 6 nitrogen and oxygen atoms in total. The van der Waals surface area contributed by atoms with Crippen molar-refractivity contribution in [3.05, 3.63) is 90.3 Å². The first kappa shape index (κ1) is 18.8. The molecule has 0 saturated heterocycles. The molecule has 0 bridgehead atoms. The van der Waals surface area contributed by atoms with Gasteiger partial charge < -0.3 is 14.7 Å². The van der Waals surface area contributed by atoms with E-state index >= 15 is 0 Å². The normalized spacial score (nSPS) is 11.0. The number of imidazole rings is 1. The maximum Gasteiger partial charge on any atom is 0.230 e. The van der Waals surface area contributed by atoms with E-state index in [1.54, 1.807) is 0 Å². The first-order valence-electron chi connectivity index (χ1n) is 10.0. The number of hydrogen-bond acceptors (Lipinski definition) is 4. The minimum Gasteiger partial charge on any atom is -0.441 e. The SMILES string of the molecule is Cc1oc(-c2ccccc2)nc1CC(=O)Nc1ccc(-c2nc3ccccc3[nH]2)cc1. The third kappa shape index (κ3) is 3.96. The largest absolute Gasteiger partial charge is 0.441 e. The number of carbonyl (C=O) groups excluding carboxylic acids is 1. The fraction of sp³-hybridized carbons (Fsp3) is 0.0800. The van der Waals surface area contributed by atoms with Crippen molar-refractivity contribution in [1.29, 1.82) is 0 Å². The number of nitrogens with zero attached hydrogens (tertiary/aromatic N) is 2. The minimum absolute atomic E-state index is 0.146. The zero-order valence-corrected chi connectivity index (χ0v) is 16.9. The minimum atomic E-state index is -0.146. The zero-order chi connectivity index (χ0) is 21.2. The zero-order valence-electron chi connectivity index (χ0n) is 16.9. The number of anilines is 1. The number of fused-ring (bicyclic) bond motifs is 1. The second-order valence-electron chi connectivity index (χ2n) is 7.29. The molecule has 0 aliphatic carbocycles. The van der Waals surface area contributed by atoms with Gasteiger partial charge in [-0.2, -0.15) is 0 Å². The number of aryl methyl sites for hydroxylation is 1. The van der Waals surface area contributed by atoms with Gasteiger partial charge in [-0.15, -0.1) is 0 Å². The van der Waals surface area contributed by atoms with Crippen LogP contribution in [-0.2, 0) is 11.2 Å². The van der Waals surface area contributed by atoms with Crippen LogP contribution in [0.15, 0.2) is 83.3 Å². The molecule has 152 valence electrons. The Bertz CT molecular complexity index is 1320. The van der Waals surface area contributed by atoms with Crippen LogP contribution in [0.25, 0.3) is 33.9 Å². The van der Waals surface area contributed by atoms with Crippen molar-refractivity contribution in [1.82, 2.24) is 15.0 Å². The van der Waals surface area contributed by atoms with E-state index < -0.39 is 0 Å². The highest BCUT2D eigenvalue weighted by Crippen LogP contribution is 2.23. The lowest BCUT2D eigenvalue weighted by molar-refractivity contribution is -0.115. The van der Waals surface area contributed by atoms with Crippen LogP contribution < -0.4 is 5.32 Å². The summed E-state index contributed by atoms with van der Waals surface area (Å²) >= 11 is 0. The van der Waals surface area contributed by atoms with Crippen molar-refractivity contribution < 1.29 is 9.21 Å². The number of H-pyrrole nitrogens is 1. The molecule has 5 rings (SSSR count). The Balaban J connectivity index is 1.27. The van der Waals surface area contributed by atoms with Gasteiger partial charge in [0.2, 0.25) is 11.8 Å². The third-order valence-corrected chi connectivity index (χ3v) is 5.07. The maximum absolute atomic E-state index is 12.5. The molecule has 0 saturated carbocycles. The summed E-state index contributed by atoms with van der Waals surface area (Å²) in [4.78, 5) is 25.0. The maximum atomic E-state index is 12.5. The molecule has 31 heavy (non-hydrogen) atoms. The number of carbonyl (C=O) groups is 1. The molecule has 5 aromatic rings. The fourth-order valence-corrected chi connectivity index (χ4v) is 3.45. The standard InChI is InChI=1S/C25H20N4O2/c1-16-22(29-25(31-16)18-7-3-2-4-8-18)15-23(30)26-19-13-11-17(12-14-19)24-27-20-9-5-6-10-21(20)28-24/h2-14H,15H2,1H3,(H,26,30)(H,27,28). The molecule has 0 radical (unpaired) electrons. The number of hydrogen-bond donors (Lipinski definition) is 2. The van der Waals surface area contributed by atoms with E-state index in [0.717, 1.165) is 28.0 Å². The molecular formula is C25H20N4O2.